The van der Waals surface area contributed by atoms with Crippen molar-refractivity contribution < 1.29 is 14.4 Å². The third-order valence-electron chi connectivity index (χ3n) is 5.14. The van der Waals surface area contributed by atoms with Crippen molar-refractivity contribution in [3.8, 4) is 0 Å². The van der Waals surface area contributed by atoms with Gasteiger partial charge in [-0.1, -0.05) is 31.2 Å². The number of fused-ring (bicyclic) bond motifs is 1. The summed E-state index contributed by atoms with van der Waals surface area (Å²) < 4.78 is 10.3. The lowest BCUT2D eigenvalue weighted by molar-refractivity contribution is -0.654. The Hall–Kier alpha value is -1.65. The second-order valence-electron chi connectivity index (χ2n) is 7.17. The van der Waals surface area contributed by atoms with Crippen LogP contribution in [0.1, 0.15) is 38.4 Å². The fourth-order valence-corrected chi connectivity index (χ4v) is 3.81. The van der Waals surface area contributed by atoms with Gasteiger partial charge in [0, 0.05) is 13.0 Å². The Kier molecular flexibility index (Phi) is 6.27. The Balaban J connectivity index is 1.64. The van der Waals surface area contributed by atoms with Gasteiger partial charge in [-0.25, -0.2) is 9.13 Å². The Labute approximate surface area is 150 Å². The smallest absolute Gasteiger partial charge is 0.257 e. The molecule has 0 aliphatic heterocycles. The third-order valence-corrected chi connectivity index (χ3v) is 5.14. The average Bonchev–Trinajstić information content (AvgIpc) is 2.89. The molecule has 25 heavy (non-hydrogen) atoms. The van der Waals surface area contributed by atoms with E-state index >= 15 is 0 Å². The van der Waals surface area contributed by atoms with E-state index in [1.165, 1.54) is 23.3 Å². The maximum Gasteiger partial charge on any atom is 0.257 e. The summed E-state index contributed by atoms with van der Waals surface area (Å²) in [6.45, 7) is 3.94. The Morgan fingerprint density at radius 1 is 1.32 bits per heavy atom. The molecule has 1 aliphatic rings. The first-order valence-corrected chi connectivity index (χ1v) is 9.57. The maximum absolute atomic E-state index is 10.5. The molecule has 0 spiro atoms. The third kappa shape index (κ3) is 4.31. The quantitative estimate of drug-likeness (QED) is 0.591. The molecule has 0 bridgehead atoms. The van der Waals surface area contributed by atoms with Crippen molar-refractivity contribution in [1.29, 1.82) is 0 Å². The van der Waals surface area contributed by atoms with Gasteiger partial charge in [-0.2, -0.15) is 0 Å². The minimum Gasteiger partial charge on any atom is -0.387 e. The van der Waals surface area contributed by atoms with E-state index in [2.05, 4.69) is 59.5 Å². The van der Waals surface area contributed by atoms with Crippen LogP contribution in [-0.2, 0) is 24.8 Å². The molecule has 1 N–H and O–H groups in total. The molecule has 2 atom stereocenters. The number of para-hydroxylation sites is 2. The Bertz CT molecular complexity index is 720. The minimum absolute atomic E-state index is 0.405. The predicted octanol–water partition coefficient (Wildman–Crippen LogP) is 3.15. The van der Waals surface area contributed by atoms with Crippen LogP contribution in [0, 0.1) is 5.92 Å². The van der Waals surface area contributed by atoms with Gasteiger partial charge >= 0.3 is 0 Å². The van der Waals surface area contributed by atoms with Crippen LogP contribution in [0.5, 0.6) is 0 Å². The molecule has 1 aromatic carbocycles. The summed E-state index contributed by atoms with van der Waals surface area (Å²) in [7, 11) is 2.11. The number of ether oxygens (including phenoxy) is 1. The van der Waals surface area contributed by atoms with Gasteiger partial charge < -0.3 is 9.84 Å². The van der Waals surface area contributed by atoms with Crippen LogP contribution in [0.15, 0.2) is 36.4 Å². The zero-order valence-corrected chi connectivity index (χ0v) is 15.5. The standard InChI is InChI=1S/C21H31N2O2/c1-3-9-21-22(2)19-12-7-8-13-20(19)23(21)14-18(24)16-25-15-17-10-5-4-6-11-17/h4-5,7-8,12-13,17-18,24H,3,6,9-11,14-16H2,1-2H3/q+1/t17-,18-/m1/s1. The Morgan fingerprint density at radius 2 is 2.16 bits per heavy atom. The monoisotopic (exact) mass is 343 g/mol. The molecule has 136 valence electrons. The lowest BCUT2D eigenvalue weighted by Gasteiger charge is -2.18. The second-order valence-corrected chi connectivity index (χ2v) is 7.17. The first-order chi connectivity index (χ1) is 12.2. The summed E-state index contributed by atoms with van der Waals surface area (Å²) >= 11 is 0. The lowest BCUT2D eigenvalue weighted by Crippen LogP contribution is -2.34. The van der Waals surface area contributed by atoms with Crippen LogP contribution in [0.3, 0.4) is 0 Å². The van der Waals surface area contributed by atoms with E-state index in [4.69, 9.17) is 4.74 Å². The molecular weight excluding hydrogens is 312 g/mol. The molecule has 0 unspecified atom stereocenters. The summed E-state index contributed by atoms with van der Waals surface area (Å²) in [5.74, 6) is 1.87. The van der Waals surface area contributed by atoms with Crippen molar-refractivity contribution in [2.45, 2.75) is 51.7 Å². The van der Waals surface area contributed by atoms with Crippen molar-refractivity contribution in [2.75, 3.05) is 13.2 Å². The summed E-state index contributed by atoms with van der Waals surface area (Å²) in [4.78, 5) is 0. The summed E-state index contributed by atoms with van der Waals surface area (Å²) in [6.07, 6.45) is 9.57. The first kappa shape index (κ1) is 18.2. The van der Waals surface area contributed by atoms with Crippen molar-refractivity contribution in [2.24, 2.45) is 13.0 Å². The number of nitrogens with zero attached hydrogens (tertiary/aromatic N) is 2. The number of hydrogen-bond acceptors (Lipinski definition) is 2. The van der Waals surface area contributed by atoms with E-state index in [0.29, 0.717) is 19.1 Å². The minimum atomic E-state index is -0.481. The zero-order valence-electron chi connectivity index (χ0n) is 15.5. The number of aryl methyl sites for hydroxylation is 1. The fourth-order valence-electron chi connectivity index (χ4n) is 3.81. The molecule has 1 aliphatic carbocycles. The molecule has 0 fully saturated rings. The molecule has 0 saturated carbocycles. The largest absolute Gasteiger partial charge is 0.387 e. The molecule has 2 aromatic rings. The van der Waals surface area contributed by atoms with Crippen LogP contribution in [0.4, 0.5) is 0 Å². The van der Waals surface area contributed by atoms with Crippen LogP contribution < -0.4 is 4.57 Å². The van der Waals surface area contributed by atoms with Gasteiger partial charge in [0.15, 0.2) is 11.0 Å². The van der Waals surface area contributed by atoms with E-state index in [1.54, 1.807) is 0 Å². The number of aliphatic hydroxyl groups is 1. The number of aliphatic hydroxyl groups excluding tert-OH is 1. The van der Waals surface area contributed by atoms with Crippen molar-refractivity contribution in [3.05, 3.63) is 42.2 Å². The van der Waals surface area contributed by atoms with Crippen LogP contribution in [-0.4, -0.2) is 29.0 Å². The van der Waals surface area contributed by atoms with E-state index in [0.717, 1.165) is 32.3 Å². The van der Waals surface area contributed by atoms with Gasteiger partial charge in [-0.3, -0.25) is 0 Å². The molecule has 1 heterocycles. The van der Waals surface area contributed by atoms with Crippen molar-refractivity contribution in [3.63, 3.8) is 0 Å². The fraction of sp³-hybridized carbons (Fsp3) is 0.571. The highest BCUT2D eigenvalue weighted by Crippen LogP contribution is 2.19. The lowest BCUT2D eigenvalue weighted by atomic mass is 9.95. The Morgan fingerprint density at radius 3 is 2.92 bits per heavy atom. The van der Waals surface area contributed by atoms with E-state index < -0.39 is 6.10 Å². The summed E-state index contributed by atoms with van der Waals surface area (Å²) in [5, 5.41) is 10.5. The van der Waals surface area contributed by atoms with Gasteiger partial charge in [0.1, 0.15) is 12.6 Å². The van der Waals surface area contributed by atoms with E-state index in [9.17, 15) is 5.11 Å². The number of rotatable bonds is 8. The predicted molar refractivity (Wildman–Crippen MR) is 100 cm³/mol. The van der Waals surface area contributed by atoms with E-state index in [-0.39, 0.29) is 0 Å². The molecule has 0 saturated heterocycles. The van der Waals surface area contributed by atoms with Crippen molar-refractivity contribution >= 4 is 11.0 Å². The zero-order chi connectivity index (χ0) is 17.6. The molecule has 4 nitrogen and oxygen atoms in total. The number of allylic oxidation sites excluding steroid dienone is 2. The highest BCUT2D eigenvalue weighted by Gasteiger charge is 2.23. The average molecular weight is 343 g/mol. The van der Waals surface area contributed by atoms with Gasteiger partial charge in [-0.05, 0) is 43.7 Å². The van der Waals surface area contributed by atoms with Crippen LogP contribution in [0.25, 0.3) is 11.0 Å². The van der Waals surface area contributed by atoms with Crippen LogP contribution >= 0.6 is 0 Å². The molecule has 4 heteroatoms. The topological polar surface area (TPSA) is 38.3 Å². The number of imidazole rings is 1. The first-order valence-electron chi connectivity index (χ1n) is 9.57. The molecule has 1 aromatic heterocycles. The van der Waals surface area contributed by atoms with Gasteiger partial charge in [0.05, 0.1) is 13.7 Å². The molecular formula is C21H31N2O2+. The van der Waals surface area contributed by atoms with Gasteiger partial charge in [0.2, 0.25) is 0 Å². The SMILES string of the molecule is CCCc1n(C[C@@H](O)COC[C@@H]2CC=CCC2)c2ccccc2[n+]1C. The summed E-state index contributed by atoms with van der Waals surface area (Å²) in [5.41, 5.74) is 2.40. The normalized spacial score (nSPS) is 18.8. The second kappa shape index (κ2) is 8.63. The van der Waals surface area contributed by atoms with Crippen LogP contribution in [0.2, 0.25) is 0 Å². The maximum atomic E-state index is 10.5. The summed E-state index contributed by atoms with van der Waals surface area (Å²) in [6, 6.07) is 8.41. The highest BCUT2D eigenvalue weighted by molar-refractivity contribution is 5.72. The van der Waals surface area contributed by atoms with Crippen molar-refractivity contribution in [1.82, 2.24) is 4.57 Å². The highest BCUT2D eigenvalue weighted by atomic mass is 16.5. The molecule has 0 amide bonds. The van der Waals surface area contributed by atoms with E-state index in [1.807, 2.05) is 0 Å². The van der Waals surface area contributed by atoms with Gasteiger partial charge in [-0.15, -0.1) is 0 Å². The number of benzene rings is 1. The molecule has 0 radical (unpaired) electrons. The number of aromatic nitrogens is 2. The van der Waals surface area contributed by atoms with Gasteiger partial charge in [0.25, 0.3) is 5.82 Å². The number of hydrogen-bond donors (Lipinski definition) is 1. The molecule has 3 rings (SSSR count).